The van der Waals surface area contributed by atoms with Crippen molar-refractivity contribution in [2.45, 2.75) is 32.7 Å². The molecule has 1 fully saturated rings. The molecular weight excluding hydrogens is 506 g/mol. The maximum Gasteiger partial charge on any atom is 0.228 e. The molecule has 2 aromatic rings. The molecule has 3 unspecified atom stereocenters. The molecule has 0 aliphatic carbocycles. The fourth-order valence-electron chi connectivity index (χ4n) is 5.69. The highest BCUT2D eigenvalue weighted by atomic mass is 16.5. The molecule has 3 aliphatic heterocycles. The number of carbonyl (C=O) groups excluding carboxylic acids is 1. The van der Waals surface area contributed by atoms with Crippen LogP contribution in [0.2, 0.25) is 0 Å². The number of hydrogen-bond acceptors (Lipinski definition) is 8. The van der Waals surface area contributed by atoms with Crippen LogP contribution in [0.1, 0.15) is 34.9 Å². The molecular formula is C30H37N7O3. The number of anilines is 1. The minimum atomic E-state index is -0.898. The van der Waals surface area contributed by atoms with E-state index in [0.29, 0.717) is 32.0 Å². The molecule has 3 atom stereocenters. The van der Waals surface area contributed by atoms with Crippen molar-refractivity contribution in [1.82, 2.24) is 9.91 Å². The molecule has 10 nitrogen and oxygen atoms in total. The molecule has 3 aliphatic rings. The van der Waals surface area contributed by atoms with E-state index in [-0.39, 0.29) is 24.7 Å². The summed E-state index contributed by atoms with van der Waals surface area (Å²) in [6.45, 7) is 10.1. The van der Waals surface area contributed by atoms with Gasteiger partial charge in [-0.05, 0) is 42.7 Å². The Hall–Kier alpha value is -3.99. The number of amidine groups is 1. The van der Waals surface area contributed by atoms with Gasteiger partial charge in [-0.1, -0.05) is 43.0 Å². The van der Waals surface area contributed by atoms with Gasteiger partial charge in [-0.2, -0.15) is 5.10 Å². The Morgan fingerprint density at radius 3 is 2.62 bits per heavy atom. The molecule has 0 radical (unpaired) electrons. The van der Waals surface area contributed by atoms with Gasteiger partial charge in [-0.25, -0.2) is 4.99 Å². The number of fused-ring (bicyclic) bond motifs is 1. The van der Waals surface area contributed by atoms with Gasteiger partial charge >= 0.3 is 0 Å². The molecule has 1 amide bonds. The first-order valence-corrected chi connectivity index (χ1v) is 13.5. The van der Waals surface area contributed by atoms with Gasteiger partial charge in [0.05, 0.1) is 37.8 Å². The minimum absolute atomic E-state index is 0.0502. The third-order valence-corrected chi connectivity index (χ3v) is 7.75. The maximum atomic E-state index is 13.1. The number of benzene rings is 2. The van der Waals surface area contributed by atoms with E-state index in [2.05, 4.69) is 17.6 Å². The lowest BCUT2D eigenvalue weighted by atomic mass is 9.94. The summed E-state index contributed by atoms with van der Waals surface area (Å²) >= 11 is 0. The SMILES string of the molecule is C=CN=C(N)C1C(CC(=O)N2CCOCC2)=NN(CC2=Cc3cccc(C)c3C(O)N2c2ccccc2C)C1N. The first-order chi connectivity index (χ1) is 19.3. The van der Waals surface area contributed by atoms with Crippen molar-refractivity contribution in [1.29, 1.82) is 0 Å². The smallest absolute Gasteiger partial charge is 0.228 e. The average molecular weight is 544 g/mol. The number of morpholine rings is 1. The van der Waals surface area contributed by atoms with Gasteiger partial charge in [-0.15, -0.1) is 0 Å². The van der Waals surface area contributed by atoms with E-state index in [0.717, 1.165) is 33.6 Å². The Labute approximate surface area is 234 Å². The Balaban J connectivity index is 1.51. The number of rotatable bonds is 7. The lowest BCUT2D eigenvalue weighted by Crippen LogP contribution is -2.49. The molecule has 0 aromatic heterocycles. The summed E-state index contributed by atoms with van der Waals surface area (Å²) in [6, 6.07) is 13.9. The number of para-hydroxylation sites is 1. The number of hydrazone groups is 1. The number of aliphatic hydroxyl groups excluding tert-OH is 1. The number of aliphatic hydroxyl groups is 1. The van der Waals surface area contributed by atoms with E-state index in [1.165, 1.54) is 6.20 Å². The second-order valence-corrected chi connectivity index (χ2v) is 10.3. The van der Waals surface area contributed by atoms with Crippen LogP contribution < -0.4 is 16.4 Å². The van der Waals surface area contributed by atoms with Gasteiger partial charge in [0.1, 0.15) is 12.0 Å². The summed E-state index contributed by atoms with van der Waals surface area (Å²) in [5, 5.41) is 18.3. The number of carbonyl (C=O) groups is 1. The summed E-state index contributed by atoms with van der Waals surface area (Å²) in [6.07, 6.45) is 1.95. The highest BCUT2D eigenvalue weighted by molar-refractivity contribution is 6.13. The van der Waals surface area contributed by atoms with Crippen molar-refractivity contribution < 1.29 is 14.6 Å². The van der Waals surface area contributed by atoms with Crippen LogP contribution in [0, 0.1) is 19.8 Å². The molecule has 0 spiro atoms. The van der Waals surface area contributed by atoms with E-state index < -0.39 is 18.3 Å². The lowest BCUT2D eigenvalue weighted by Gasteiger charge is -2.39. The Kier molecular flexibility index (Phi) is 8.02. The lowest BCUT2D eigenvalue weighted by molar-refractivity contribution is -0.133. The van der Waals surface area contributed by atoms with Crippen LogP contribution in [0.3, 0.4) is 0 Å². The van der Waals surface area contributed by atoms with Gasteiger partial charge < -0.3 is 31.1 Å². The zero-order valence-electron chi connectivity index (χ0n) is 23.0. The zero-order chi connectivity index (χ0) is 28.4. The number of amides is 1. The third kappa shape index (κ3) is 5.25. The van der Waals surface area contributed by atoms with Crippen LogP contribution in [-0.2, 0) is 9.53 Å². The van der Waals surface area contributed by atoms with E-state index in [1.54, 1.807) is 9.91 Å². The normalized spacial score (nSPS) is 23.1. The fourth-order valence-corrected chi connectivity index (χ4v) is 5.69. The molecule has 5 N–H and O–H groups in total. The van der Waals surface area contributed by atoms with Crippen LogP contribution in [0.25, 0.3) is 6.08 Å². The van der Waals surface area contributed by atoms with E-state index in [9.17, 15) is 9.90 Å². The van der Waals surface area contributed by atoms with Crippen molar-refractivity contribution in [2.75, 3.05) is 37.7 Å². The number of aliphatic imine (C=N–C) groups is 1. The molecule has 210 valence electrons. The third-order valence-electron chi connectivity index (χ3n) is 7.75. The quantitative estimate of drug-likeness (QED) is 0.361. The van der Waals surface area contributed by atoms with Crippen molar-refractivity contribution in [3.63, 3.8) is 0 Å². The Morgan fingerprint density at radius 1 is 1.18 bits per heavy atom. The second-order valence-electron chi connectivity index (χ2n) is 10.3. The second kappa shape index (κ2) is 11.6. The highest BCUT2D eigenvalue weighted by Crippen LogP contribution is 2.40. The standard InChI is InChI=1S/C30H37N7O3/c1-4-33-28(31)27-23(17-25(38)35-12-14-40-15-13-35)34-36(29(27)32)18-22-16-21-10-7-9-20(3)26(21)30(39)37(22)24-11-6-5-8-19(24)2/h4-11,16,27,29-30,39H,1,12-15,17-18,32H2,2-3H3,(H2,31,33). The first-order valence-electron chi connectivity index (χ1n) is 13.5. The molecule has 40 heavy (non-hydrogen) atoms. The summed E-state index contributed by atoms with van der Waals surface area (Å²) in [4.78, 5) is 21.0. The fraction of sp³-hybridized carbons (Fsp3) is 0.367. The van der Waals surface area contributed by atoms with Crippen molar-refractivity contribution in [2.24, 2.45) is 27.5 Å². The molecule has 0 saturated carbocycles. The first kappa shape index (κ1) is 27.6. The van der Waals surface area contributed by atoms with Gasteiger partial charge in [0, 0.05) is 36.2 Å². The maximum absolute atomic E-state index is 13.1. The van der Waals surface area contributed by atoms with Crippen LogP contribution >= 0.6 is 0 Å². The molecule has 0 bridgehead atoms. The van der Waals surface area contributed by atoms with E-state index in [4.69, 9.17) is 21.3 Å². The summed E-state index contributed by atoms with van der Waals surface area (Å²) in [5.74, 6) is -0.350. The number of hydrogen-bond donors (Lipinski definition) is 3. The van der Waals surface area contributed by atoms with Gasteiger partial charge in [0.2, 0.25) is 5.91 Å². The van der Waals surface area contributed by atoms with E-state index in [1.807, 2.05) is 61.2 Å². The van der Waals surface area contributed by atoms with Gasteiger partial charge in [0.15, 0.2) is 6.23 Å². The predicted molar refractivity (Wildman–Crippen MR) is 157 cm³/mol. The number of aryl methyl sites for hydroxylation is 2. The van der Waals surface area contributed by atoms with Crippen molar-refractivity contribution in [3.05, 3.63) is 83.2 Å². The van der Waals surface area contributed by atoms with Crippen LogP contribution in [0.4, 0.5) is 5.69 Å². The summed E-state index contributed by atoms with van der Waals surface area (Å²) in [5.41, 5.74) is 19.2. The molecule has 2 aromatic carbocycles. The average Bonchev–Trinajstić information content (AvgIpc) is 3.24. The van der Waals surface area contributed by atoms with E-state index >= 15 is 0 Å². The summed E-state index contributed by atoms with van der Waals surface area (Å²) in [7, 11) is 0. The topological polar surface area (TPSA) is 133 Å². The molecule has 10 heteroatoms. The Bertz CT molecular complexity index is 1380. The summed E-state index contributed by atoms with van der Waals surface area (Å²) < 4.78 is 5.39. The van der Waals surface area contributed by atoms with Crippen LogP contribution in [-0.4, -0.2) is 71.5 Å². The Morgan fingerprint density at radius 2 is 1.90 bits per heavy atom. The largest absolute Gasteiger partial charge is 0.387 e. The van der Waals surface area contributed by atoms with Crippen molar-refractivity contribution >= 4 is 29.2 Å². The number of nitrogens with two attached hydrogens (primary N) is 2. The molecule has 5 rings (SSSR count). The predicted octanol–water partition coefficient (Wildman–Crippen LogP) is 2.48. The zero-order valence-corrected chi connectivity index (χ0v) is 23.0. The number of nitrogens with zero attached hydrogens (tertiary/aromatic N) is 5. The van der Waals surface area contributed by atoms with Crippen LogP contribution in [0.15, 0.2) is 71.0 Å². The highest BCUT2D eigenvalue weighted by Gasteiger charge is 2.40. The molecule has 3 heterocycles. The number of ether oxygens (including phenoxy) is 1. The minimum Gasteiger partial charge on any atom is -0.387 e. The van der Waals surface area contributed by atoms with Crippen LogP contribution in [0.5, 0.6) is 0 Å². The van der Waals surface area contributed by atoms with Gasteiger partial charge in [0.25, 0.3) is 0 Å². The monoisotopic (exact) mass is 543 g/mol. The van der Waals surface area contributed by atoms with Gasteiger partial charge in [-0.3, -0.25) is 9.80 Å². The van der Waals surface area contributed by atoms with Crippen molar-refractivity contribution in [3.8, 4) is 0 Å². The molecule has 1 saturated heterocycles.